The van der Waals surface area contributed by atoms with Crippen molar-refractivity contribution in [3.8, 4) is 0 Å². The number of carbonyl (C=O) groups excluding carboxylic acids is 1. The molecular formula is C15H18BrN3OS. The van der Waals surface area contributed by atoms with Crippen LogP contribution in [0.2, 0.25) is 0 Å². The molecule has 0 aliphatic rings. The van der Waals surface area contributed by atoms with Crippen molar-refractivity contribution < 1.29 is 4.79 Å². The molecule has 1 aromatic heterocycles. The highest BCUT2D eigenvalue weighted by atomic mass is 79.9. The predicted octanol–water partition coefficient (Wildman–Crippen LogP) is 3.64. The second kappa shape index (κ2) is 7.68. The van der Waals surface area contributed by atoms with Crippen LogP contribution in [-0.4, -0.2) is 10.9 Å². The SMILES string of the molecule is CCCC(N)c1nc(C(=O)NCc2ccccc2Br)cs1. The normalized spacial score (nSPS) is 12.1. The summed E-state index contributed by atoms with van der Waals surface area (Å²) in [6.07, 6.45) is 1.88. The quantitative estimate of drug-likeness (QED) is 0.818. The Balaban J connectivity index is 1.96. The van der Waals surface area contributed by atoms with E-state index in [1.807, 2.05) is 24.3 Å². The van der Waals surface area contributed by atoms with E-state index in [0.717, 1.165) is 27.9 Å². The summed E-state index contributed by atoms with van der Waals surface area (Å²) in [5.41, 5.74) is 7.48. The van der Waals surface area contributed by atoms with E-state index in [1.54, 1.807) is 5.38 Å². The smallest absolute Gasteiger partial charge is 0.271 e. The van der Waals surface area contributed by atoms with E-state index < -0.39 is 0 Å². The monoisotopic (exact) mass is 367 g/mol. The Morgan fingerprint density at radius 1 is 1.48 bits per heavy atom. The van der Waals surface area contributed by atoms with Crippen molar-refractivity contribution in [1.29, 1.82) is 0 Å². The van der Waals surface area contributed by atoms with Crippen LogP contribution < -0.4 is 11.1 Å². The van der Waals surface area contributed by atoms with Crippen LogP contribution in [0.3, 0.4) is 0 Å². The number of halogens is 1. The number of nitrogens with zero attached hydrogens (tertiary/aromatic N) is 1. The number of hydrogen-bond donors (Lipinski definition) is 2. The van der Waals surface area contributed by atoms with Gasteiger partial charge in [-0.15, -0.1) is 11.3 Å². The first-order valence-corrected chi connectivity index (χ1v) is 8.51. The van der Waals surface area contributed by atoms with Crippen LogP contribution in [0, 0.1) is 0 Å². The molecule has 0 spiro atoms. The summed E-state index contributed by atoms with van der Waals surface area (Å²) < 4.78 is 0.981. The number of nitrogens with one attached hydrogen (secondary N) is 1. The zero-order valence-corrected chi connectivity index (χ0v) is 14.2. The molecule has 0 aliphatic carbocycles. The van der Waals surface area contributed by atoms with E-state index in [9.17, 15) is 4.79 Å². The third-order valence-corrected chi connectivity index (χ3v) is 4.82. The Bertz CT molecular complexity index is 614. The van der Waals surface area contributed by atoms with Crippen LogP contribution >= 0.6 is 27.3 Å². The number of aromatic nitrogens is 1. The number of carbonyl (C=O) groups is 1. The van der Waals surface area contributed by atoms with Crippen LogP contribution in [-0.2, 0) is 6.54 Å². The van der Waals surface area contributed by atoms with Crippen molar-refractivity contribution >= 4 is 33.2 Å². The third-order valence-electron chi connectivity index (χ3n) is 3.07. The molecule has 0 radical (unpaired) electrons. The lowest BCUT2D eigenvalue weighted by Crippen LogP contribution is -2.23. The lowest BCUT2D eigenvalue weighted by Gasteiger charge is -2.06. The first kappa shape index (κ1) is 16.1. The third kappa shape index (κ3) is 4.36. The molecule has 0 aliphatic heterocycles. The molecule has 1 amide bonds. The summed E-state index contributed by atoms with van der Waals surface area (Å²) in [6, 6.07) is 7.72. The van der Waals surface area contributed by atoms with Crippen LogP contribution in [0.5, 0.6) is 0 Å². The average molecular weight is 368 g/mol. The van der Waals surface area contributed by atoms with Gasteiger partial charge in [0.05, 0.1) is 6.04 Å². The number of hydrogen-bond acceptors (Lipinski definition) is 4. The average Bonchev–Trinajstić information content (AvgIpc) is 2.96. The van der Waals surface area contributed by atoms with Gasteiger partial charge in [0.25, 0.3) is 5.91 Å². The largest absolute Gasteiger partial charge is 0.347 e. The van der Waals surface area contributed by atoms with Crippen molar-refractivity contribution in [3.05, 3.63) is 50.4 Å². The van der Waals surface area contributed by atoms with Crippen LogP contribution in [0.15, 0.2) is 34.1 Å². The molecule has 4 nitrogen and oxygen atoms in total. The number of rotatable bonds is 6. The van der Waals surface area contributed by atoms with Crippen LogP contribution in [0.4, 0.5) is 0 Å². The fourth-order valence-corrected chi connectivity index (χ4v) is 3.17. The summed E-state index contributed by atoms with van der Waals surface area (Å²) >= 11 is 4.91. The van der Waals surface area contributed by atoms with Gasteiger partial charge in [0.2, 0.25) is 0 Å². The van der Waals surface area contributed by atoms with Gasteiger partial charge in [-0.05, 0) is 18.1 Å². The molecule has 1 heterocycles. The minimum atomic E-state index is -0.169. The Labute approximate surface area is 136 Å². The molecule has 1 unspecified atom stereocenters. The zero-order valence-electron chi connectivity index (χ0n) is 11.8. The van der Waals surface area contributed by atoms with E-state index in [0.29, 0.717) is 12.2 Å². The van der Waals surface area contributed by atoms with E-state index in [1.165, 1.54) is 11.3 Å². The fourth-order valence-electron chi connectivity index (χ4n) is 1.90. The molecular weight excluding hydrogens is 350 g/mol. The minimum absolute atomic E-state index is 0.0789. The second-order valence-corrected chi connectivity index (χ2v) is 6.48. The summed E-state index contributed by atoms with van der Waals surface area (Å²) in [5.74, 6) is -0.169. The van der Waals surface area contributed by atoms with Gasteiger partial charge >= 0.3 is 0 Å². The van der Waals surface area contributed by atoms with Gasteiger partial charge in [-0.2, -0.15) is 0 Å². The summed E-state index contributed by atoms with van der Waals surface area (Å²) in [6.45, 7) is 2.55. The maximum absolute atomic E-state index is 12.1. The fraction of sp³-hybridized carbons (Fsp3) is 0.333. The van der Waals surface area contributed by atoms with Gasteiger partial charge in [0.1, 0.15) is 10.7 Å². The highest BCUT2D eigenvalue weighted by Crippen LogP contribution is 2.20. The molecule has 6 heteroatoms. The molecule has 2 aromatic rings. The van der Waals surface area contributed by atoms with Crippen molar-refractivity contribution in [3.63, 3.8) is 0 Å². The van der Waals surface area contributed by atoms with Crippen LogP contribution in [0.1, 0.15) is 46.9 Å². The van der Waals surface area contributed by atoms with Gasteiger partial charge < -0.3 is 11.1 Å². The maximum atomic E-state index is 12.1. The molecule has 0 saturated carbocycles. The van der Waals surface area contributed by atoms with Gasteiger partial charge in [0, 0.05) is 16.4 Å². The molecule has 2 rings (SSSR count). The Morgan fingerprint density at radius 3 is 2.95 bits per heavy atom. The molecule has 112 valence electrons. The number of thiazole rings is 1. The highest BCUT2D eigenvalue weighted by molar-refractivity contribution is 9.10. The first-order chi connectivity index (χ1) is 10.1. The predicted molar refractivity (Wildman–Crippen MR) is 89.3 cm³/mol. The molecule has 0 saturated heterocycles. The van der Waals surface area contributed by atoms with Gasteiger partial charge in [-0.25, -0.2) is 4.98 Å². The summed E-state index contributed by atoms with van der Waals surface area (Å²) in [7, 11) is 0. The van der Waals surface area contributed by atoms with E-state index in [-0.39, 0.29) is 11.9 Å². The van der Waals surface area contributed by atoms with Crippen molar-refractivity contribution in [2.45, 2.75) is 32.4 Å². The molecule has 1 atom stereocenters. The number of benzene rings is 1. The van der Waals surface area contributed by atoms with Gasteiger partial charge in [0.15, 0.2) is 0 Å². The standard InChI is InChI=1S/C15H18BrN3OS/c1-2-5-12(17)15-19-13(9-21-15)14(20)18-8-10-6-3-4-7-11(10)16/h3-4,6-7,9,12H,2,5,8,17H2,1H3,(H,18,20). The lowest BCUT2D eigenvalue weighted by atomic mass is 10.2. The Hall–Kier alpha value is -1.24. The highest BCUT2D eigenvalue weighted by Gasteiger charge is 2.14. The van der Waals surface area contributed by atoms with E-state index in [2.05, 4.69) is 33.2 Å². The first-order valence-electron chi connectivity index (χ1n) is 6.84. The number of nitrogens with two attached hydrogens (primary N) is 1. The minimum Gasteiger partial charge on any atom is -0.347 e. The van der Waals surface area contributed by atoms with Gasteiger partial charge in [-0.3, -0.25) is 4.79 Å². The zero-order chi connectivity index (χ0) is 15.2. The summed E-state index contributed by atoms with van der Waals surface area (Å²) in [5, 5.41) is 5.46. The van der Waals surface area contributed by atoms with Crippen LogP contribution in [0.25, 0.3) is 0 Å². The van der Waals surface area contributed by atoms with E-state index in [4.69, 9.17) is 5.73 Å². The van der Waals surface area contributed by atoms with Crippen molar-refractivity contribution in [2.24, 2.45) is 5.73 Å². The second-order valence-electron chi connectivity index (χ2n) is 4.74. The molecule has 0 bridgehead atoms. The molecule has 1 aromatic carbocycles. The lowest BCUT2D eigenvalue weighted by molar-refractivity contribution is 0.0946. The molecule has 3 N–H and O–H groups in total. The maximum Gasteiger partial charge on any atom is 0.271 e. The Kier molecular flexibility index (Phi) is 5.90. The van der Waals surface area contributed by atoms with Crippen molar-refractivity contribution in [2.75, 3.05) is 0 Å². The van der Waals surface area contributed by atoms with E-state index >= 15 is 0 Å². The molecule has 0 fully saturated rings. The van der Waals surface area contributed by atoms with Crippen molar-refractivity contribution in [1.82, 2.24) is 10.3 Å². The Morgan fingerprint density at radius 2 is 2.24 bits per heavy atom. The topological polar surface area (TPSA) is 68.0 Å². The number of amides is 1. The summed E-state index contributed by atoms with van der Waals surface area (Å²) in [4.78, 5) is 16.4. The van der Waals surface area contributed by atoms with Gasteiger partial charge in [-0.1, -0.05) is 47.5 Å². The molecule has 21 heavy (non-hydrogen) atoms.